The van der Waals surface area contributed by atoms with Crippen LogP contribution in [0.2, 0.25) is 0 Å². The van der Waals surface area contributed by atoms with Gasteiger partial charge in [-0.3, -0.25) is 9.78 Å². The molecule has 4 aromatic rings. The van der Waals surface area contributed by atoms with Crippen molar-refractivity contribution in [3.8, 4) is 5.69 Å². The smallest absolute Gasteiger partial charge is 0.263 e. The predicted octanol–water partition coefficient (Wildman–Crippen LogP) is 3.41. The maximum atomic E-state index is 12.7. The highest BCUT2D eigenvalue weighted by atomic mass is 16.1. The maximum absolute atomic E-state index is 12.7. The summed E-state index contributed by atoms with van der Waals surface area (Å²) < 4.78 is 1.74. The second kappa shape index (κ2) is 6.64. The second-order valence-corrected chi connectivity index (χ2v) is 7.33. The second-order valence-electron chi connectivity index (χ2n) is 7.33. The quantitative estimate of drug-likeness (QED) is 0.599. The molecule has 0 aliphatic carbocycles. The van der Waals surface area contributed by atoms with E-state index in [1.807, 2.05) is 37.3 Å². The predicted molar refractivity (Wildman–Crippen MR) is 110 cm³/mol. The molecule has 0 spiro atoms. The van der Waals surface area contributed by atoms with Gasteiger partial charge in [-0.15, -0.1) is 5.10 Å². The van der Waals surface area contributed by atoms with Crippen LogP contribution < -0.4 is 10.5 Å². The minimum Gasteiger partial charge on any atom is -0.342 e. The molecule has 1 unspecified atom stereocenters. The first-order valence-corrected chi connectivity index (χ1v) is 9.54. The summed E-state index contributed by atoms with van der Waals surface area (Å²) in [7, 11) is 0. The molecule has 6 nitrogen and oxygen atoms in total. The average molecular weight is 371 g/mol. The number of benzene rings is 2. The lowest BCUT2D eigenvalue weighted by atomic mass is 9.99. The number of hydrogen-bond acceptors (Lipinski definition) is 4. The van der Waals surface area contributed by atoms with E-state index in [0.717, 1.165) is 30.8 Å². The number of H-pyrrole nitrogens is 1. The molecule has 3 heterocycles. The van der Waals surface area contributed by atoms with Gasteiger partial charge in [0.15, 0.2) is 5.65 Å². The molecule has 0 saturated carbocycles. The Hall–Kier alpha value is -3.41. The van der Waals surface area contributed by atoms with Crippen LogP contribution in [0.1, 0.15) is 23.5 Å². The van der Waals surface area contributed by atoms with Crippen molar-refractivity contribution in [2.75, 3.05) is 18.0 Å². The van der Waals surface area contributed by atoms with E-state index in [1.54, 1.807) is 10.9 Å². The van der Waals surface area contributed by atoms with Crippen molar-refractivity contribution in [1.82, 2.24) is 19.7 Å². The van der Waals surface area contributed by atoms with Crippen molar-refractivity contribution in [3.05, 3.63) is 82.3 Å². The van der Waals surface area contributed by atoms with Crippen LogP contribution in [0.4, 0.5) is 5.95 Å². The van der Waals surface area contributed by atoms with Gasteiger partial charge < -0.3 is 4.90 Å². The van der Waals surface area contributed by atoms with Crippen molar-refractivity contribution in [3.63, 3.8) is 0 Å². The van der Waals surface area contributed by atoms with Crippen molar-refractivity contribution >= 4 is 17.0 Å². The topological polar surface area (TPSA) is 66.8 Å². The minimum atomic E-state index is -0.150. The highest BCUT2D eigenvalue weighted by Gasteiger charge is 2.26. The van der Waals surface area contributed by atoms with Gasteiger partial charge in [0.1, 0.15) is 5.39 Å². The van der Waals surface area contributed by atoms with Crippen LogP contribution in [0.5, 0.6) is 0 Å². The number of aromatic amines is 1. The van der Waals surface area contributed by atoms with Gasteiger partial charge in [-0.2, -0.15) is 4.98 Å². The fourth-order valence-electron chi connectivity index (χ4n) is 3.95. The van der Waals surface area contributed by atoms with Crippen LogP contribution in [-0.2, 0) is 0 Å². The van der Waals surface area contributed by atoms with Crippen molar-refractivity contribution < 1.29 is 0 Å². The molecular weight excluding hydrogens is 350 g/mol. The summed E-state index contributed by atoms with van der Waals surface area (Å²) in [6, 6.07) is 18.5. The molecule has 0 radical (unpaired) electrons. The molecule has 1 N–H and O–H groups in total. The zero-order valence-corrected chi connectivity index (χ0v) is 15.7. The fourth-order valence-corrected chi connectivity index (χ4v) is 3.95. The summed E-state index contributed by atoms with van der Waals surface area (Å²) >= 11 is 0. The van der Waals surface area contributed by atoms with Crippen molar-refractivity contribution in [1.29, 1.82) is 0 Å². The molecule has 1 atom stereocenters. The van der Waals surface area contributed by atoms with Gasteiger partial charge in [0.2, 0.25) is 5.95 Å². The molecular formula is C22H21N5O. The van der Waals surface area contributed by atoms with Crippen LogP contribution in [-0.4, -0.2) is 32.8 Å². The molecule has 0 bridgehead atoms. The van der Waals surface area contributed by atoms with Crippen molar-refractivity contribution in [2.24, 2.45) is 0 Å². The van der Waals surface area contributed by atoms with Gasteiger partial charge in [-0.1, -0.05) is 48.5 Å². The van der Waals surface area contributed by atoms with E-state index in [-0.39, 0.29) is 5.56 Å². The first kappa shape index (κ1) is 16.7. The number of fused-ring (bicyclic) bond motifs is 1. The highest BCUT2D eigenvalue weighted by Crippen LogP contribution is 2.29. The molecule has 1 aliphatic rings. The Labute approximate surface area is 162 Å². The Morgan fingerprint density at radius 2 is 1.86 bits per heavy atom. The number of nitrogens with zero attached hydrogens (tertiary/aromatic N) is 4. The zero-order chi connectivity index (χ0) is 19.1. The van der Waals surface area contributed by atoms with Gasteiger partial charge in [0.05, 0.1) is 5.69 Å². The Balaban J connectivity index is 1.48. The van der Waals surface area contributed by atoms with Gasteiger partial charge in [-0.05, 0) is 30.5 Å². The van der Waals surface area contributed by atoms with Crippen LogP contribution in [0.3, 0.4) is 0 Å². The highest BCUT2D eigenvalue weighted by molar-refractivity contribution is 5.74. The summed E-state index contributed by atoms with van der Waals surface area (Å²) in [6.45, 7) is 3.74. The van der Waals surface area contributed by atoms with E-state index < -0.39 is 0 Å². The molecule has 1 aliphatic heterocycles. The number of anilines is 1. The van der Waals surface area contributed by atoms with Gasteiger partial charge in [0.25, 0.3) is 5.56 Å². The lowest BCUT2D eigenvalue weighted by molar-refractivity contribution is 0.772. The van der Waals surface area contributed by atoms with Gasteiger partial charge >= 0.3 is 0 Å². The van der Waals surface area contributed by atoms with E-state index in [9.17, 15) is 4.79 Å². The molecule has 1 saturated heterocycles. The molecule has 2 aromatic heterocycles. The fraction of sp³-hybridized carbons (Fsp3) is 0.227. The normalized spacial score (nSPS) is 16.8. The largest absolute Gasteiger partial charge is 0.342 e. The van der Waals surface area contributed by atoms with Crippen LogP contribution >= 0.6 is 0 Å². The van der Waals surface area contributed by atoms with E-state index in [4.69, 9.17) is 0 Å². The summed E-state index contributed by atoms with van der Waals surface area (Å²) in [5, 5.41) is 5.08. The molecule has 2 aromatic carbocycles. The third-order valence-electron chi connectivity index (χ3n) is 5.50. The number of aryl methyl sites for hydroxylation is 1. The first-order valence-electron chi connectivity index (χ1n) is 9.54. The van der Waals surface area contributed by atoms with Crippen LogP contribution in [0.25, 0.3) is 16.7 Å². The Morgan fingerprint density at radius 3 is 2.68 bits per heavy atom. The standard InChI is InChI=1S/C22H21N5O/c1-15-7-5-6-10-19(15)27-14-18-20(25-27)23-22(24-21(18)28)26-12-11-17(13-26)16-8-3-2-4-9-16/h2-10,14,17H,11-13H2,1H3,(H,23,24,25,28). The minimum absolute atomic E-state index is 0.150. The Kier molecular flexibility index (Phi) is 3.97. The monoisotopic (exact) mass is 371 g/mol. The molecule has 5 rings (SSSR count). The molecule has 140 valence electrons. The number of aromatic nitrogens is 4. The molecule has 28 heavy (non-hydrogen) atoms. The van der Waals surface area contributed by atoms with E-state index in [0.29, 0.717) is 22.9 Å². The van der Waals surface area contributed by atoms with Crippen molar-refractivity contribution in [2.45, 2.75) is 19.3 Å². The summed E-state index contributed by atoms with van der Waals surface area (Å²) in [4.78, 5) is 22.4. The summed E-state index contributed by atoms with van der Waals surface area (Å²) in [5.41, 5.74) is 3.70. The Bertz CT molecular complexity index is 1190. The zero-order valence-electron chi connectivity index (χ0n) is 15.7. The van der Waals surface area contributed by atoms with Gasteiger partial charge in [-0.25, -0.2) is 4.68 Å². The third kappa shape index (κ3) is 2.87. The van der Waals surface area contributed by atoms with Crippen LogP contribution in [0.15, 0.2) is 65.6 Å². The third-order valence-corrected chi connectivity index (χ3v) is 5.50. The molecule has 0 amide bonds. The summed E-state index contributed by atoms with van der Waals surface area (Å²) in [6.07, 6.45) is 2.80. The van der Waals surface area contributed by atoms with Crippen LogP contribution in [0, 0.1) is 6.92 Å². The lowest BCUT2D eigenvalue weighted by Crippen LogP contribution is -2.24. The first-order chi connectivity index (χ1) is 13.7. The van der Waals surface area contributed by atoms with E-state index in [2.05, 4.69) is 44.2 Å². The van der Waals surface area contributed by atoms with E-state index in [1.165, 1.54) is 5.56 Å². The van der Waals surface area contributed by atoms with E-state index >= 15 is 0 Å². The Morgan fingerprint density at radius 1 is 1.07 bits per heavy atom. The number of rotatable bonds is 3. The maximum Gasteiger partial charge on any atom is 0.263 e. The SMILES string of the molecule is Cc1ccccc1-n1cc2c(=O)[nH]c(N3CCC(c4ccccc4)C3)nc2n1. The average Bonchev–Trinajstić information content (AvgIpc) is 3.37. The molecule has 6 heteroatoms. The molecule has 1 fully saturated rings. The van der Waals surface area contributed by atoms with Gasteiger partial charge in [0, 0.05) is 25.2 Å². The number of para-hydroxylation sites is 1. The number of hydrogen-bond donors (Lipinski definition) is 1. The number of nitrogens with one attached hydrogen (secondary N) is 1. The lowest BCUT2D eigenvalue weighted by Gasteiger charge is -2.16. The summed E-state index contributed by atoms with van der Waals surface area (Å²) in [5.74, 6) is 1.05.